The number of amides is 2. The molecule has 324 valence electrons. The van der Waals surface area contributed by atoms with Gasteiger partial charge in [-0.05, 0) is 90.0 Å². The number of nitrogens with one attached hydrogen (secondary N) is 3. The maximum atomic E-state index is 13.4. The zero-order valence-corrected chi connectivity index (χ0v) is 32.3. The van der Waals surface area contributed by atoms with Gasteiger partial charge in [0.25, 0.3) is 5.91 Å². The molecule has 59 heavy (non-hydrogen) atoms. The molecule has 2 aliphatic rings. The SMILES string of the molecule is Cc1cc(COc2ccc(C(=O)N[C@@H]3CN(C4CCNCC4C(=O)OC(C)(C)C)CC[C@@H]3C(=O)NO)cc2)c2ccccc2n1.O=C(O)C(F)(F)F.O=C(O)C(F)(F)F. The summed E-state index contributed by atoms with van der Waals surface area (Å²) in [7, 11) is 0. The van der Waals surface area contributed by atoms with E-state index in [-0.39, 0.29) is 23.8 Å². The smallest absolute Gasteiger partial charge is 0.489 e. The molecular weight excluding hydrogens is 800 g/mol. The van der Waals surface area contributed by atoms with Gasteiger partial charge < -0.3 is 30.3 Å². The summed E-state index contributed by atoms with van der Waals surface area (Å²) in [6.07, 6.45) is -9.02. The molecule has 5 rings (SSSR count). The maximum absolute atomic E-state index is 13.4. The van der Waals surface area contributed by atoms with Crippen LogP contribution in [0.2, 0.25) is 0 Å². The maximum Gasteiger partial charge on any atom is 0.490 e. The van der Waals surface area contributed by atoms with Gasteiger partial charge >= 0.3 is 30.3 Å². The monoisotopic (exact) mass is 845 g/mol. The van der Waals surface area contributed by atoms with Crippen molar-refractivity contribution in [2.45, 2.75) is 77.2 Å². The fourth-order valence-electron chi connectivity index (χ4n) is 6.35. The van der Waals surface area contributed by atoms with Crippen LogP contribution in [0.3, 0.4) is 0 Å². The zero-order valence-electron chi connectivity index (χ0n) is 32.3. The predicted molar refractivity (Wildman–Crippen MR) is 196 cm³/mol. The van der Waals surface area contributed by atoms with Gasteiger partial charge in [0.05, 0.1) is 23.4 Å². The number of aryl methyl sites for hydroxylation is 1. The predicted octanol–water partition coefficient (Wildman–Crippen LogP) is 4.63. The number of carboxylic acids is 2. The summed E-state index contributed by atoms with van der Waals surface area (Å²) in [4.78, 5) is 63.6. The van der Waals surface area contributed by atoms with E-state index in [2.05, 4.69) is 20.5 Å². The van der Waals surface area contributed by atoms with E-state index in [4.69, 9.17) is 29.3 Å². The number of hydrogen-bond acceptors (Lipinski definition) is 11. The summed E-state index contributed by atoms with van der Waals surface area (Å²) < 4.78 is 75.2. The Morgan fingerprint density at radius 2 is 1.49 bits per heavy atom. The molecule has 1 aromatic heterocycles. The van der Waals surface area contributed by atoms with Gasteiger partial charge in [0.15, 0.2) is 0 Å². The fourth-order valence-corrected chi connectivity index (χ4v) is 6.35. The Bertz CT molecular complexity index is 1920. The van der Waals surface area contributed by atoms with Gasteiger partial charge in [-0.25, -0.2) is 15.1 Å². The van der Waals surface area contributed by atoms with Gasteiger partial charge in [-0.15, -0.1) is 0 Å². The van der Waals surface area contributed by atoms with Crippen LogP contribution in [0.4, 0.5) is 26.3 Å². The van der Waals surface area contributed by atoms with Crippen molar-refractivity contribution >= 4 is 40.6 Å². The number of esters is 1. The summed E-state index contributed by atoms with van der Waals surface area (Å²) in [5.41, 5.74) is 4.43. The summed E-state index contributed by atoms with van der Waals surface area (Å²) >= 11 is 0. The minimum atomic E-state index is -5.08. The number of benzene rings is 2. The number of hydrogen-bond donors (Lipinski definition) is 6. The topological polar surface area (TPSA) is 217 Å². The fraction of sp³-hybridized carbons (Fsp3) is 0.474. The van der Waals surface area contributed by atoms with Crippen LogP contribution in [-0.2, 0) is 30.5 Å². The molecule has 15 nitrogen and oxygen atoms in total. The van der Waals surface area contributed by atoms with Gasteiger partial charge in [0.1, 0.15) is 18.0 Å². The Labute approximate surface area is 334 Å². The van der Waals surface area contributed by atoms with Crippen molar-refractivity contribution in [3.63, 3.8) is 0 Å². The first-order valence-corrected chi connectivity index (χ1v) is 18.0. The lowest BCUT2D eigenvalue weighted by molar-refractivity contribution is -0.193. The number of rotatable bonds is 8. The normalized spacial score (nSPS) is 19.8. The number of para-hydroxylation sites is 1. The Morgan fingerprint density at radius 1 is 0.898 bits per heavy atom. The second-order valence-corrected chi connectivity index (χ2v) is 14.5. The molecule has 2 fully saturated rings. The van der Waals surface area contributed by atoms with Gasteiger partial charge in [-0.3, -0.25) is 29.5 Å². The number of piperidine rings is 2. The van der Waals surface area contributed by atoms with Crippen molar-refractivity contribution < 1.29 is 75.2 Å². The minimum Gasteiger partial charge on any atom is -0.489 e. The lowest BCUT2D eigenvalue weighted by Gasteiger charge is -2.45. The molecule has 2 aromatic carbocycles. The quantitative estimate of drug-likeness (QED) is 0.0790. The van der Waals surface area contributed by atoms with Crippen LogP contribution in [-0.4, -0.2) is 111 Å². The van der Waals surface area contributed by atoms with Crippen LogP contribution in [0, 0.1) is 18.8 Å². The number of carbonyl (C=O) groups excluding carboxylic acids is 3. The Kier molecular flexibility index (Phi) is 16.6. The highest BCUT2D eigenvalue weighted by molar-refractivity contribution is 5.95. The Hall–Kier alpha value is -5.54. The lowest BCUT2D eigenvalue weighted by Crippen LogP contribution is -2.62. The van der Waals surface area contributed by atoms with Crippen molar-refractivity contribution in [1.82, 2.24) is 26.0 Å². The van der Waals surface area contributed by atoms with E-state index in [9.17, 15) is 45.9 Å². The molecule has 21 heteroatoms. The van der Waals surface area contributed by atoms with Gasteiger partial charge in [0.2, 0.25) is 5.91 Å². The standard InChI is InChI=1S/C34H43N5O6.2C2HF3O2/c1-21-17-23(25-7-5-6-8-28(25)36-21)20-44-24-11-9-22(10-12-24)31(40)37-29-19-39(16-14-26(29)32(41)38-43)30-13-15-35-18-27(30)33(42)45-34(2,3)4;2*3-2(4,5)1(6)7/h5-12,17,26-27,29-30,35,43H,13-16,18-20H2,1-4H3,(H,37,40)(H,38,41);2*(H,6,7)/t26-,27?,29+,30?;;/m0../s1. The first-order valence-electron chi connectivity index (χ1n) is 18.0. The van der Waals surface area contributed by atoms with E-state index >= 15 is 0 Å². The van der Waals surface area contributed by atoms with Crippen LogP contribution in [0.1, 0.15) is 55.2 Å². The number of aliphatic carboxylic acids is 2. The van der Waals surface area contributed by atoms with Crippen LogP contribution in [0.15, 0.2) is 54.6 Å². The van der Waals surface area contributed by atoms with E-state index in [1.54, 1.807) is 29.7 Å². The van der Waals surface area contributed by atoms with E-state index < -0.39 is 47.8 Å². The molecule has 2 unspecified atom stereocenters. The summed E-state index contributed by atoms with van der Waals surface area (Å²) in [5, 5.41) is 31.0. The van der Waals surface area contributed by atoms with Crippen molar-refractivity contribution in [2.24, 2.45) is 11.8 Å². The van der Waals surface area contributed by atoms with E-state index in [0.717, 1.165) is 35.1 Å². The first kappa shape index (κ1) is 47.8. The molecule has 0 aliphatic carbocycles. The average Bonchev–Trinajstić information content (AvgIpc) is 3.15. The van der Waals surface area contributed by atoms with Crippen molar-refractivity contribution in [3.8, 4) is 5.75 Å². The molecule has 0 saturated carbocycles. The number of alkyl halides is 6. The minimum absolute atomic E-state index is 0.101. The number of hydroxylamine groups is 1. The number of likely N-dealkylation sites (tertiary alicyclic amines) is 1. The molecule has 3 heterocycles. The number of carbonyl (C=O) groups is 5. The number of pyridine rings is 1. The van der Waals surface area contributed by atoms with Crippen LogP contribution >= 0.6 is 0 Å². The molecule has 0 spiro atoms. The van der Waals surface area contributed by atoms with E-state index in [0.29, 0.717) is 44.0 Å². The van der Waals surface area contributed by atoms with Crippen LogP contribution < -0.4 is 20.9 Å². The lowest BCUT2D eigenvalue weighted by atomic mass is 9.85. The third-order valence-electron chi connectivity index (χ3n) is 8.96. The number of ether oxygens (including phenoxy) is 2. The number of nitrogens with zero attached hydrogens (tertiary/aromatic N) is 2. The molecular formula is C38H45F6N5O10. The van der Waals surface area contributed by atoms with Crippen molar-refractivity contribution in [1.29, 1.82) is 0 Å². The summed E-state index contributed by atoms with van der Waals surface area (Å²) in [5.74, 6) is -7.04. The number of aromatic nitrogens is 1. The third-order valence-corrected chi connectivity index (χ3v) is 8.96. The average molecular weight is 846 g/mol. The molecule has 3 aromatic rings. The molecule has 0 bridgehead atoms. The molecule has 4 atom stereocenters. The van der Waals surface area contributed by atoms with E-state index in [1.165, 1.54) is 0 Å². The third kappa shape index (κ3) is 14.7. The summed E-state index contributed by atoms with van der Waals surface area (Å²) in [6.45, 7) is 10.0. The van der Waals surface area contributed by atoms with Crippen LogP contribution in [0.25, 0.3) is 10.9 Å². The Balaban J connectivity index is 0.000000569. The number of halogens is 6. The van der Waals surface area contributed by atoms with Crippen molar-refractivity contribution in [2.75, 3.05) is 26.2 Å². The molecule has 2 amide bonds. The van der Waals surface area contributed by atoms with Gasteiger partial charge in [-0.1, -0.05) is 18.2 Å². The van der Waals surface area contributed by atoms with Crippen LogP contribution in [0.5, 0.6) is 5.75 Å². The molecule has 2 saturated heterocycles. The largest absolute Gasteiger partial charge is 0.490 e. The van der Waals surface area contributed by atoms with Gasteiger partial charge in [-0.2, -0.15) is 26.3 Å². The zero-order chi connectivity index (χ0) is 44.3. The highest BCUT2D eigenvalue weighted by Gasteiger charge is 2.43. The Morgan fingerprint density at radius 3 is 2.05 bits per heavy atom. The number of carboxylic acid groups (broad SMARTS) is 2. The van der Waals surface area contributed by atoms with Crippen molar-refractivity contribution in [3.05, 3.63) is 71.4 Å². The van der Waals surface area contributed by atoms with E-state index in [1.807, 2.05) is 58.0 Å². The number of fused-ring (bicyclic) bond motifs is 1. The molecule has 6 N–H and O–H groups in total. The molecule has 2 aliphatic heterocycles. The highest BCUT2D eigenvalue weighted by Crippen LogP contribution is 2.28. The highest BCUT2D eigenvalue weighted by atomic mass is 19.4. The second kappa shape index (κ2) is 20.4. The molecule has 0 radical (unpaired) electrons. The first-order chi connectivity index (χ1) is 27.4. The summed E-state index contributed by atoms with van der Waals surface area (Å²) in [6, 6.07) is 16.1. The second-order valence-electron chi connectivity index (χ2n) is 14.5. The van der Waals surface area contributed by atoms with Gasteiger partial charge in [0, 0.05) is 41.3 Å².